The van der Waals surface area contributed by atoms with Crippen LogP contribution in [0, 0.1) is 0 Å². The van der Waals surface area contributed by atoms with Gasteiger partial charge in [0.15, 0.2) is 5.82 Å². The van der Waals surface area contributed by atoms with Crippen molar-refractivity contribution < 1.29 is 9.26 Å². The maximum absolute atomic E-state index is 6.13. The molecule has 0 saturated heterocycles. The van der Waals surface area contributed by atoms with Crippen molar-refractivity contribution in [3.05, 3.63) is 70.8 Å². The van der Waals surface area contributed by atoms with Gasteiger partial charge < -0.3 is 15.1 Å². The van der Waals surface area contributed by atoms with Gasteiger partial charge in [0.1, 0.15) is 12.4 Å². The molecule has 0 aliphatic carbocycles. The van der Waals surface area contributed by atoms with E-state index in [4.69, 9.17) is 26.7 Å². The highest BCUT2D eigenvalue weighted by Crippen LogP contribution is 2.25. The summed E-state index contributed by atoms with van der Waals surface area (Å²) in [5, 5.41) is 13.4. The maximum Gasteiger partial charge on any atom is 0.237 e. The highest BCUT2D eigenvalue weighted by atomic mass is 35.5. The van der Waals surface area contributed by atoms with E-state index in [9.17, 15) is 0 Å². The molecule has 0 unspecified atom stereocenters. The molecule has 0 atom stereocenters. The van der Waals surface area contributed by atoms with Gasteiger partial charge in [0.25, 0.3) is 0 Å². The summed E-state index contributed by atoms with van der Waals surface area (Å²) in [4.78, 5) is 4.40. The Labute approximate surface area is 195 Å². The average Bonchev–Trinajstić information content (AvgIpc) is 3.38. The van der Waals surface area contributed by atoms with Gasteiger partial charge in [-0.25, -0.2) is 4.68 Å². The Kier molecular flexibility index (Phi) is 6.38. The molecule has 0 aliphatic heterocycles. The maximum atomic E-state index is 6.13. The van der Waals surface area contributed by atoms with Gasteiger partial charge in [-0.1, -0.05) is 61.4 Å². The van der Waals surface area contributed by atoms with Gasteiger partial charge in [-0.3, -0.25) is 0 Å². The van der Waals surface area contributed by atoms with Crippen molar-refractivity contribution in [2.45, 2.75) is 43.7 Å². The van der Waals surface area contributed by atoms with Crippen LogP contribution < -0.4 is 10.6 Å². The molecule has 10 heteroatoms. The molecular weight excluding hydrogens is 448 g/mol. The number of hydrogen-bond acceptors (Lipinski definition) is 8. The second kappa shape index (κ2) is 9.22. The Hall–Kier alpha value is -3.04. The normalized spacial score (nSPS) is 11.6. The lowest BCUT2D eigenvalue weighted by molar-refractivity contribution is 0.291. The van der Waals surface area contributed by atoms with Crippen LogP contribution in [0.3, 0.4) is 0 Å². The number of ether oxygens (including phenoxy) is 1. The SMILES string of the molecule is CC(C)(C)c1ccc(OCc2nnc(SCc3nc(-c4ccc(Cl)cc4)no3)n2N)cc1. The van der Waals surface area contributed by atoms with E-state index in [0.717, 1.165) is 11.3 Å². The first-order valence-corrected chi connectivity index (χ1v) is 11.3. The van der Waals surface area contributed by atoms with E-state index in [2.05, 4.69) is 53.2 Å². The lowest BCUT2D eigenvalue weighted by Crippen LogP contribution is -2.16. The number of nitrogens with zero attached hydrogens (tertiary/aromatic N) is 5. The topological polar surface area (TPSA) is 105 Å². The first-order chi connectivity index (χ1) is 15.3. The number of rotatable bonds is 7. The Morgan fingerprint density at radius 2 is 1.78 bits per heavy atom. The molecule has 0 fully saturated rings. The summed E-state index contributed by atoms with van der Waals surface area (Å²) >= 11 is 7.26. The van der Waals surface area contributed by atoms with Crippen molar-refractivity contribution >= 4 is 23.4 Å². The number of aromatic nitrogens is 5. The lowest BCUT2D eigenvalue weighted by atomic mass is 9.87. The van der Waals surface area contributed by atoms with Crippen LogP contribution in [0.4, 0.5) is 0 Å². The molecule has 0 spiro atoms. The molecule has 0 radical (unpaired) electrons. The number of thioether (sulfide) groups is 1. The van der Waals surface area contributed by atoms with E-state index in [1.54, 1.807) is 12.1 Å². The van der Waals surface area contributed by atoms with Crippen LogP contribution in [0.5, 0.6) is 5.75 Å². The Morgan fingerprint density at radius 1 is 1.06 bits per heavy atom. The summed E-state index contributed by atoms with van der Waals surface area (Å²) in [5.74, 6) is 8.76. The molecule has 2 aromatic heterocycles. The Bertz CT molecular complexity index is 1180. The monoisotopic (exact) mass is 470 g/mol. The van der Waals surface area contributed by atoms with Crippen LogP contribution in [0.1, 0.15) is 38.0 Å². The molecule has 4 aromatic rings. The van der Waals surface area contributed by atoms with Crippen molar-refractivity contribution in [2.75, 3.05) is 5.84 Å². The Balaban J connectivity index is 1.34. The molecule has 2 aromatic carbocycles. The predicted molar refractivity (Wildman–Crippen MR) is 124 cm³/mol. The van der Waals surface area contributed by atoms with Crippen LogP contribution in [0.15, 0.2) is 58.2 Å². The highest BCUT2D eigenvalue weighted by Gasteiger charge is 2.15. The van der Waals surface area contributed by atoms with E-state index in [1.165, 1.54) is 22.0 Å². The molecule has 8 nitrogen and oxygen atoms in total. The van der Waals surface area contributed by atoms with Crippen molar-refractivity contribution in [3.8, 4) is 17.1 Å². The zero-order valence-corrected chi connectivity index (χ0v) is 19.5. The van der Waals surface area contributed by atoms with Gasteiger partial charge in [-0.15, -0.1) is 10.2 Å². The smallest absolute Gasteiger partial charge is 0.237 e. The summed E-state index contributed by atoms with van der Waals surface area (Å²) in [7, 11) is 0. The van der Waals surface area contributed by atoms with E-state index >= 15 is 0 Å². The van der Waals surface area contributed by atoms with Gasteiger partial charge in [-0.2, -0.15) is 4.98 Å². The molecule has 166 valence electrons. The standard InChI is InChI=1S/C22H23ClN6O2S/c1-22(2,3)15-6-10-17(11-7-15)30-12-18-26-27-21(29(18)24)32-13-19-25-20(28-31-19)14-4-8-16(23)9-5-14/h4-11H,12-13,24H2,1-3H3. The summed E-state index contributed by atoms with van der Waals surface area (Å²) in [6.45, 7) is 6.73. The number of nitrogen functional groups attached to an aromatic ring is 1. The quantitative estimate of drug-likeness (QED) is 0.301. The molecule has 0 bridgehead atoms. The molecule has 32 heavy (non-hydrogen) atoms. The number of nitrogens with two attached hydrogens (primary N) is 1. The summed E-state index contributed by atoms with van der Waals surface area (Å²) in [5.41, 5.74) is 2.16. The van der Waals surface area contributed by atoms with E-state index < -0.39 is 0 Å². The lowest BCUT2D eigenvalue weighted by Gasteiger charge is -2.19. The van der Waals surface area contributed by atoms with Crippen molar-refractivity contribution in [1.29, 1.82) is 0 Å². The fourth-order valence-electron chi connectivity index (χ4n) is 2.86. The zero-order valence-electron chi connectivity index (χ0n) is 17.9. The predicted octanol–water partition coefficient (Wildman–Crippen LogP) is 4.86. The molecule has 0 amide bonds. The molecular formula is C22H23ClN6O2S. The van der Waals surface area contributed by atoms with Gasteiger partial charge in [-0.05, 0) is 47.4 Å². The fourth-order valence-corrected chi connectivity index (χ4v) is 3.70. The van der Waals surface area contributed by atoms with Gasteiger partial charge in [0.2, 0.25) is 16.9 Å². The summed E-state index contributed by atoms with van der Waals surface area (Å²) in [6.07, 6.45) is 0. The van der Waals surface area contributed by atoms with Crippen molar-refractivity contribution in [1.82, 2.24) is 25.0 Å². The van der Waals surface area contributed by atoms with Crippen LogP contribution in [-0.4, -0.2) is 25.0 Å². The molecule has 2 N–H and O–H groups in total. The van der Waals surface area contributed by atoms with Crippen LogP contribution >= 0.6 is 23.4 Å². The van der Waals surface area contributed by atoms with Gasteiger partial charge in [0.05, 0.1) is 5.75 Å². The first kappa shape index (κ1) is 22.2. The third-order valence-corrected chi connectivity index (χ3v) is 5.90. The van der Waals surface area contributed by atoms with Gasteiger partial charge >= 0.3 is 0 Å². The minimum absolute atomic E-state index is 0.0933. The molecule has 4 rings (SSSR count). The molecule has 2 heterocycles. The van der Waals surface area contributed by atoms with E-state index in [-0.39, 0.29) is 12.0 Å². The minimum Gasteiger partial charge on any atom is -0.486 e. The molecule has 0 aliphatic rings. The summed E-state index contributed by atoms with van der Waals surface area (Å²) < 4.78 is 12.5. The first-order valence-electron chi connectivity index (χ1n) is 9.93. The second-order valence-corrected chi connectivity index (χ2v) is 9.52. The van der Waals surface area contributed by atoms with E-state index in [0.29, 0.717) is 33.5 Å². The highest BCUT2D eigenvalue weighted by molar-refractivity contribution is 7.98. The van der Waals surface area contributed by atoms with Crippen LogP contribution in [0.2, 0.25) is 5.02 Å². The average molecular weight is 471 g/mol. The van der Waals surface area contributed by atoms with Crippen LogP contribution in [-0.2, 0) is 17.8 Å². The van der Waals surface area contributed by atoms with Gasteiger partial charge in [0, 0.05) is 10.6 Å². The number of benzene rings is 2. The van der Waals surface area contributed by atoms with Crippen molar-refractivity contribution in [2.24, 2.45) is 0 Å². The third kappa shape index (κ3) is 5.23. The number of halogens is 1. The third-order valence-electron chi connectivity index (χ3n) is 4.72. The number of hydrogen-bond donors (Lipinski definition) is 1. The largest absolute Gasteiger partial charge is 0.486 e. The molecule has 0 saturated carbocycles. The minimum atomic E-state index is 0.0933. The van der Waals surface area contributed by atoms with Crippen LogP contribution in [0.25, 0.3) is 11.4 Å². The van der Waals surface area contributed by atoms with Crippen molar-refractivity contribution in [3.63, 3.8) is 0 Å². The zero-order chi connectivity index (χ0) is 22.7. The van der Waals surface area contributed by atoms with E-state index in [1.807, 2.05) is 24.3 Å². The summed E-state index contributed by atoms with van der Waals surface area (Å²) in [6, 6.07) is 15.2. The fraction of sp³-hybridized carbons (Fsp3) is 0.273. The second-order valence-electron chi connectivity index (χ2n) is 8.14. The Morgan fingerprint density at radius 3 is 2.47 bits per heavy atom.